The Morgan fingerprint density at radius 3 is 3.17 bits per heavy atom. The Kier molecular flexibility index (Phi) is 2.83. The molecule has 3 nitrogen and oxygen atoms in total. The highest BCUT2D eigenvalue weighted by Gasteiger charge is 2.07. The Morgan fingerprint density at radius 1 is 1.83 bits per heavy atom. The van der Waals surface area contributed by atoms with Gasteiger partial charge in [-0.25, -0.2) is 0 Å². The van der Waals surface area contributed by atoms with E-state index in [-0.39, 0.29) is 0 Å². The van der Waals surface area contributed by atoms with Crippen LogP contribution >= 0.6 is 11.5 Å². The largest absolute Gasteiger partial charge is 0.371 e. The van der Waals surface area contributed by atoms with Crippen LogP contribution in [-0.2, 0) is 0 Å². The van der Waals surface area contributed by atoms with E-state index in [0.717, 1.165) is 10.7 Å². The first-order valence-corrected chi connectivity index (χ1v) is 4.28. The fraction of sp³-hybridized carbons (Fsp3) is 0.250. The third kappa shape index (κ3) is 1.63. The van der Waals surface area contributed by atoms with Gasteiger partial charge in [0.25, 0.3) is 0 Å². The topological polar surface area (TPSA) is 48.7 Å². The lowest BCUT2D eigenvalue weighted by Crippen LogP contribution is -1.96. The molecule has 0 fully saturated rings. The molecule has 0 aliphatic rings. The third-order valence-electron chi connectivity index (χ3n) is 1.38. The van der Waals surface area contributed by atoms with E-state index in [9.17, 15) is 0 Å². The van der Waals surface area contributed by atoms with Gasteiger partial charge >= 0.3 is 0 Å². The molecule has 0 bridgehead atoms. The van der Waals surface area contributed by atoms with Gasteiger partial charge in [-0.2, -0.15) is 9.64 Å². The third-order valence-corrected chi connectivity index (χ3v) is 2.28. The van der Waals surface area contributed by atoms with Crippen molar-refractivity contribution in [1.82, 2.24) is 4.37 Å². The van der Waals surface area contributed by atoms with Crippen molar-refractivity contribution in [1.29, 1.82) is 5.26 Å². The summed E-state index contributed by atoms with van der Waals surface area (Å²) in [5.41, 5.74) is 1.43. The number of hydrogen-bond acceptors (Lipinski definition) is 4. The molecule has 0 unspecified atom stereocenters. The lowest BCUT2D eigenvalue weighted by molar-refractivity contribution is 1.30. The van der Waals surface area contributed by atoms with Crippen LogP contribution in [0.5, 0.6) is 0 Å². The van der Waals surface area contributed by atoms with Gasteiger partial charge in [-0.3, -0.25) is 0 Å². The van der Waals surface area contributed by atoms with Crippen LogP contribution < -0.4 is 5.32 Å². The van der Waals surface area contributed by atoms with Crippen LogP contribution in [0.25, 0.3) is 0 Å². The van der Waals surface area contributed by atoms with Crippen LogP contribution in [0.4, 0.5) is 5.00 Å². The summed E-state index contributed by atoms with van der Waals surface area (Å²) in [4.78, 5) is 0. The summed E-state index contributed by atoms with van der Waals surface area (Å²) < 4.78 is 4.06. The number of aryl methyl sites for hydroxylation is 1. The minimum Gasteiger partial charge on any atom is -0.371 e. The first kappa shape index (κ1) is 8.75. The summed E-state index contributed by atoms with van der Waals surface area (Å²) in [7, 11) is 0. The molecule has 62 valence electrons. The van der Waals surface area contributed by atoms with Gasteiger partial charge in [0.05, 0.1) is 5.69 Å². The number of nitriles is 1. The molecule has 0 aliphatic carbocycles. The molecule has 0 spiro atoms. The van der Waals surface area contributed by atoms with Crippen molar-refractivity contribution in [2.75, 3.05) is 11.9 Å². The van der Waals surface area contributed by atoms with Crippen LogP contribution in [0.1, 0.15) is 11.3 Å². The summed E-state index contributed by atoms with van der Waals surface area (Å²) in [6.07, 6.45) is 1.75. The SMILES string of the molecule is C=CCNc1snc(C)c1C#N. The van der Waals surface area contributed by atoms with E-state index in [0.29, 0.717) is 12.1 Å². The van der Waals surface area contributed by atoms with Crippen molar-refractivity contribution in [2.45, 2.75) is 6.92 Å². The van der Waals surface area contributed by atoms with Crippen LogP contribution in [0.3, 0.4) is 0 Å². The zero-order valence-corrected chi connectivity index (χ0v) is 7.61. The normalized spacial score (nSPS) is 9.00. The minimum absolute atomic E-state index is 0.641. The molecule has 0 aliphatic heterocycles. The molecule has 1 N–H and O–H groups in total. The molecule has 1 aromatic rings. The highest BCUT2D eigenvalue weighted by molar-refractivity contribution is 7.10. The zero-order chi connectivity index (χ0) is 8.97. The molecule has 0 atom stereocenters. The molecule has 4 heteroatoms. The lowest BCUT2D eigenvalue weighted by Gasteiger charge is -1.96. The molecule has 12 heavy (non-hydrogen) atoms. The van der Waals surface area contributed by atoms with Gasteiger partial charge in [0.15, 0.2) is 0 Å². The van der Waals surface area contributed by atoms with E-state index in [1.165, 1.54) is 11.5 Å². The summed E-state index contributed by atoms with van der Waals surface area (Å²) in [6, 6.07) is 2.10. The first-order valence-electron chi connectivity index (χ1n) is 3.50. The van der Waals surface area contributed by atoms with E-state index in [4.69, 9.17) is 5.26 Å². The first-order chi connectivity index (χ1) is 5.79. The average molecular weight is 179 g/mol. The van der Waals surface area contributed by atoms with Crippen LogP contribution in [-0.4, -0.2) is 10.9 Å². The van der Waals surface area contributed by atoms with Crippen molar-refractivity contribution >= 4 is 16.5 Å². The predicted octanol–water partition coefficient (Wildman–Crippen LogP) is 1.92. The molecule has 0 saturated heterocycles. The molecule has 0 amide bonds. The maximum atomic E-state index is 8.74. The summed E-state index contributed by atoms with van der Waals surface area (Å²) >= 11 is 1.31. The van der Waals surface area contributed by atoms with E-state index in [1.807, 2.05) is 6.92 Å². The fourth-order valence-corrected chi connectivity index (χ4v) is 1.54. The monoisotopic (exact) mass is 179 g/mol. The van der Waals surface area contributed by atoms with Crippen LogP contribution in [0.15, 0.2) is 12.7 Å². The molecule has 0 radical (unpaired) electrons. The Labute approximate surface area is 75.5 Å². The highest BCUT2D eigenvalue weighted by Crippen LogP contribution is 2.22. The summed E-state index contributed by atoms with van der Waals surface area (Å²) in [6.45, 7) is 6.07. The molecule has 1 aromatic heterocycles. The maximum Gasteiger partial charge on any atom is 0.127 e. The minimum atomic E-state index is 0.641. The maximum absolute atomic E-state index is 8.74. The van der Waals surface area contributed by atoms with Crippen molar-refractivity contribution in [3.8, 4) is 6.07 Å². The van der Waals surface area contributed by atoms with E-state index >= 15 is 0 Å². The second-order valence-electron chi connectivity index (χ2n) is 2.25. The second kappa shape index (κ2) is 3.88. The van der Waals surface area contributed by atoms with E-state index in [1.54, 1.807) is 6.08 Å². The van der Waals surface area contributed by atoms with Gasteiger partial charge in [0.1, 0.15) is 16.6 Å². The van der Waals surface area contributed by atoms with E-state index in [2.05, 4.69) is 22.3 Å². The van der Waals surface area contributed by atoms with Crippen LogP contribution in [0, 0.1) is 18.3 Å². The quantitative estimate of drug-likeness (QED) is 0.721. The Balaban J connectivity index is 2.85. The van der Waals surface area contributed by atoms with Crippen molar-refractivity contribution in [3.05, 3.63) is 23.9 Å². The van der Waals surface area contributed by atoms with Gasteiger partial charge in [-0.1, -0.05) is 6.08 Å². The van der Waals surface area contributed by atoms with Crippen molar-refractivity contribution in [2.24, 2.45) is 0 Å². The van der Waals surface area contributed by atoms with E-state index < -0.39 is 0 Å². The smallest absolute Gasteiger partial charge is 0.127 e. The molecular weight excluding hydrogens is 170 g/mol. The Hall–Kier alpha value is -1.34. The molecular formula is C8H9N3S. The van der Waals surface area contributed by atoms with Crippen molar-refractivity contribution in [3.63, 3.8) is 0 Å². The van der Waals surface area contributed by atoms with Gasteiger partial charge in [-0.15, -0.1) is 6.58 Å². The standard InChI is InChI=1S/C8H9N3S/c1-3-4-10-8-7(5-9)6(2)11-12-8/h3,10H,1,4H2,2H3. The van der Waals surface area contributed by atoms with Crippen molar-refractivity contribution < 1.29 is 0 Å². The van der Waals surface area contributed by atoms with Gasteiger partial charge in [0.2, 0.25) is 0 Å². The summed E-state index contributed by atoms with van der Waals surface area (Å²) in [5, 5.41) is 12.6. The number of aromatic nitrogens is 1. The van der Waals surface area contributed by atoms with Crippen LogP contribution in [0.2, 0.25) is 0 Å². The number of nitrogens with zero attached hydrogens (tertiary/aromatic N) is 2. The number of anilines is 1. The predicted molar refractivity (Wildman–Crippen MR) is 50.3 cm³/mol. The number of hydrogen-bond donors (Lipinski definition) is 1. The summed E-state index contributed by atoms with van der Waals surface area (Å²) in [5.74, 6) is 0. The number of rotatable bonds is 3. The molecule has 1 rings (SSSR count). The Morgan fingerprint density at radius 2 is 2.58 bits per heavy atom. The Bertz CT molecular complexity index is 322. The van der Waals surface area contributed by atoms with Gasteiger partial charge < -0.3 is 5.32 Å². The molecule has 0 aromatic carbocycles. The zero-order valence-electron chi connectivity index (χ0n) is 6.79. The molecule has 1 heterocycles. The second-order valence-corrected chi connectivity index (χ2v) is 3.03. The number of nitrogens with one attached hydrogen (secondary N) is 1. The average Bonchev–Trinajstić information content (AvgIpc) is 2.43. The highest BCUT2D eigenvalue weighted by atomic mass is 32.1. The molecule has 0 saturated carbocycles. The fourth-order valence-electron chi connectivity index (χ4n) is 0.787. The van der Waals surface area contributed by atoms with Gasteiger partial charge in [0, 0.05) is 6.54 Å². The lowest BCUT2D eigenvalue weighted by atomic mass is 10.3. The van der Waals surface area contributed by atoms with Gasteiger partial charge in [-0.05, 0) is 18.5 Å².